The van der Waals surface area contributed by atoms with Crippen molar-refractivity contribution in [3.05, 3.63) is 17.2 Å². The van der Waals surface area contributed by atoms with Crippen molar-refractivity contribution in [2.24, 2.45) is 0 Å². The van der Waals surface area contributed by atoms with Gasteiger partial charge in [0.25, 0.3) is 0 Å². The first-order chi connectivity index (χ1) is 9.60. The third-order valence-electron chi connectivity index (χ3n) is 3.55. The lowest BCUT2D eigenvalue weighted by molar-refractivity contribution is 0.133. The molecule has 0 bridgehead atoms. The quantitative estimate of drug-likeness (QED) is 0.836. The number of halogens is 1. The zero-order valence-electron chi connectivity index (χ0n) is 12.1. The largest absolute Gasteiger partial charge is 0.494 e. The number of nitrogen functional groups attached to an aromatic ring is 1. The summed E-state index contributed by atoms with van der Waals surface area (Å²) in [5.74, 6) is 1.20. The van der Waals surface area contributed by atoms with Crippen molar-refractivity contribution in [3.8, 4) is 11.5 Å². The Kier molecular flexibility index (Phi) is 5.34. The molecule has 1 aromatic carbocycles. The van der Waals surface area contributed by atoms with Crippen molar-refractivity contribution in [3.63, 3.8) is 0 Å². The maximum absolute atomic E-state index is 6.12. The summed E-state index contributed by atoms with van der Waals surface area (Å²) in [5.41, 5.74) is 6.30. The van der Waals surface area contributed by atoms with E-state index in [2.05, 4.69) is 16.8 Å². The molecule has 1 aliphatic rings. The van der Waals surface area contributed by atoms with Crippen LogP contribution in [0.2, 0.25) is 5.02 Å². The molecule has 0 amide bonds. The fourth-order valence-electron chi connectivity index (χ4n) is 2.19. The van der Waals surface area contributed by atoms with Gasteiger partial charge >= 0.3 is 0 Å². The van der Waals surface area contributed by atoms with E-state index in [0.717, 1.165) is 32.7 Å². The number of benzene rings is 1. The van der Waals surface area contributed by atoms with Crippen LogP contribution >= 0.6 is 11.6 Å². The lowest BCUT2D eigenvalue weighted by atomic mass is 10.3. The number of rotatable bonds is 5. The van der Waals surface area contributed by atoms with Crippen molar-refractivity contribution >= 4 is 17.3 Å². The number of nitrogens with two attached hydrogens (primary N) is 1. The lowest BCUT2D eigenvalue weighted by Crippen LogP contribution is -2.45. The van der Waals surface area contributed by atoms with Gasteiger partial charge in [-0.05, 0) is 13.1 Å². The third kappa shape index (κ3) is 3.91. The molecule has 1 aromatic rings. The molecule has 0 unspecified atom stereocenters. The van der Waals surface area contributed by atoms with Crippen LogP contribution in [0.3, 0.4) is 0 Å². The van der Waals surface area contributed by atoms with Crippen LogP contribution in [0.4, 0.5) is 5.69 Å². The highest BCUT2D eigenvalue weighted by Crippen LogP contribution is 2.34. The van der Waals surface area contributed by atoms with Crippen LogP contribution < -0.4 is 15.2 Å². The van der Waals surface area contributed by atoms with Crippen molar-refractivity contribution in [1.82, 2.24) is 9.80 Å². The van der Waals surface area contributed by atoms with Gasteiger partial charge < -0.3 is 20.1 Å². The van der Waals surface area contributed by atoms with Gasteiger partial charge in [0.1, 0.15) is 18.1 Å². The predicted molar refractivity (Wildman–Crippen MR) is 81.8 cm³/mol. The summed E-state index contributed by atoms with van der Waals surface area (Å²) < 4.78 is 10.9. The van der Waals surface area contributed by atoms with Crippen LogP contribution in [0, 0.1) is 0 Å². The molecule has 0 atom stereocenters. The first-order valence-electron chi connectivity index (χ1n) is 6.77. The standard InChI is InChI=1S/C14H22ClN3O2/c1-17-3-5-18(6-4-17)7-8-20-13-10-14(19-2)12(16)9-11(13)15/h9-10H,3-8,16H2,1-2H3. The molecule has 0 aliphatic carbocycles. The van der Waals surface area contributed by atoms with E-state index in [0.29, 0.717) is 28.8 Å². The highest BCUT2D eigenvalue weighted by Gasteiger charge is 2.14. The van der Waals surface area contributed by atoms with Crippen LogP contribution in [0.5, 0.6) is 11.5 Å². The van der Waals surface area contributed by atoms with Gasteiger partial charge in [0.05, 0.1) is 17.8 Å². The minimum Gasteiger partial charge on any atom is -0.494 e. The first-order valence-corrected chi connectivity index (χ1v) is 7.14. The molecule has 0 radical (unpaired) electrons. The van der Waals surface area contributed by atoms with Crippen LogP contribution in [0.25, 0.3) is 0 Å². The van der Waals surface area contributed by atoms with Gasteiger partial charge in [0.2, 0.25) is 0 Å². The highest BCUT2D eigenvalue weighted by atomic mass is 35.5. The topological polar surface area (TPSA) is 51.0 Å². The predicted octanol–water partition coefficient (Wildman–Crippen LogP) is 1.56. The SMILES string of the molecule is COc1cc(OCCN2CCN(C)CC2)c(Cl)cc1N. The Bertz CT molecular complexity index is 448. The van der Waals surface area contributed by atoms with Crippen LogP contribution in [-0.4, -0.2) is 63.3 Å². The van der Waals surface area contributed by atoms with E-state index in [1.165, 1.54) is 0 Å². The molecular formula is C14H22ClN3O2. The minimum atomic E-state index is 0.515. The zero-order chi connectivity index (χ0) is 14.5. The van der Waals surface area contributed by atoms with E-state index in [4.69, 9.17) is 26.8 Å². The molecule has 5 nitrogen and oxygen atoms in total. The Labute approximate surface area is 125 Å². The fourth-order valence-corrected chi connectivity index (χ4v) is 2.42. The normalized spacial score (nSPS) is 17.1. The van der Waals surface area contributed by atoms with Crippen molar-refractivity contribution in [1.29, 1.82) is 0 Å². The van der Waals surface area contributed by atoms with Crippen LogP contribution in [0.1, 0.15) is 0 Å². The summed E-state index contributed by atoms with van der Waals surface area (Å²) >= 11 is 6.12. The molecule has 0 aromatic heterocycles. The first kappa shape index (κ1) is 15.2. The Morgan fingerprint density at radius 2 is 1.90 bits per heavy atom. The third-order valence-corrected chi connectivity index (χ3v) is 3.84. The maximum atomic E-state index is 6.12. The Hall–Kier alpha value is -1.17. The average Bonchev–Trinajstić information content (AvgIpc) is 2.43. The summed E-state index contributed by atoms with van der Waals surface area (Å²) in [6.07, 6.45) is 0. The van der Waals surface area contributed by atoms with Crippen molar-refractivity contribution in [2.75, 3.05) is 59.2 Å². The molecule has 0 spiro atoms. The number of anilines is 1. The molecule has 112 valence electrons. The molecule has 1 aliphatic heterocycles. The van der Waals surface area contributed by atoms with Gasteiger partial charge in [-0.15, -0.1) is 0 Å². The summed E-state index contributed by atoms with van der Waals surface area (Å²) in [6, 6.07) is 3.40. The number of hydrogen-bond acceptors (Lipinski definition) is 5. The molecule has 6 heteroatoms. The summed E-state index contributed by atoms with van der Waals surface area (Å²) in [5, 5.41) is 0.515. The maximum Gasteiger partial charge on any atom is 0.145 e. The van der Waals surface area contributed by atoms with Crippen molar-refractivity contribution < 1.29 is 9.47 Å². The molecule has 1 heterocycles. The van der Waals surface area contributed by atoms with E-state index in [-0.39, 0.29) is 0 Å². The minimum absolute atomic E-state index is 0.515. The van der Waals surface area contributed by atoms with E-state index in [1.807, 2.05) is 0 Å². The molecule has 1 fully saturated rings. The number of piperazine rings is 1. The highest BCUT2D eigenvalue weighted by molar-refractivity contribution is 6.32. The van der Waals surface area contributed by atoms with E-state index in [9.17, 15) is 0 Å². The molecular weight excluding hydrogens is 278 g/mol. The van der Waals surface area contributed by atoms with E-state index in [1.54, 1.807) is 19.2 Å². The monoisotopic (exact) mass is 299 g/mol. The van der Waals surface area contributed by atoms with E-state index >= 15 is 0 Å². The van der Waals surface area contributed by atoms with Crippen molar-refractivity contribution in [2.45, 2.75) is 0 Å². The van der Waals surface area contributed by atoms with Gasteiger partial charge in [0, 0.05) is 38.8 Å². The number of methoxy groups -OCH3 is 1. The second-order valence-corrected chi connectivity index (χ2v) is 5.43. The van der Waals surface area contributed by atoms with Gasteiger partial charge in [0.15, 0.2) is 0 Å². The average molecular weight is 300 g/mol. The smallest absolute Gasteiger partial charge is 0.145 e. The zero-order valence-corrected chi connectivity index (χ0v) is 12.8. The number of ether oxygens (including phenoxy) is 2. The second-order valence-electron chi connectivity index (χ2n) is 5.02. The van der Waals surface area contributed by atoms with Crippen LogP contribution in [0.15, 0.2) is 12.1 Å². The lowest BCUT2D eigenvalue weighted by Gasteiger charge is -2.32. The molecule has 2 rings (SSSR count). The van der Waals surface area contributed by atoms with Gasteiger partial charge in [-0.3, -0.25) is 4.90 Å². The molecule has 0 saturated carbocycles. The fraction of sp³-hybridized carbons (Fsp3) is 0.571. The summed E-state index contributed by atoms with van der Waals surface area (Å²) in [6.45, 7) is 5.89. The Morgan fingerprint density at radius 1 is 1.20 bits per heavy atom. The second kappa shape index (κ2) is 7.02. The summed E-state index contributed by atoms with van der Waals surface area (Å²) in [4.78, 5) is 4.72. The van der Waals surface area contributed by atoms with Gasteiger partial charge in [-0.25, -0.2) is 0 Å². The number of likely N-dealkylation sites (N-methyl/N-ethyl adjacent to an activating group) is 1. The number of nitrogens with zero attached hydrogens (tertiary/aromatic N) is 2. The Balaban J connectivity index is 1.85. The molecule has 1 saturated heterocycles. The van der Waals surface area contributed by atoms with Gasteiger partial charge in [-0.1, -0.05) is 11.6 Å². The molecule has 2 N–H and O–H groups in total. The van der Waals surface area contributed by atoms with E-state index < -0.39 is 0 Å². The summed E-state index contributed by atoms with van der Waals surface area (Å²) in [7, 11) is 3.72. The number of hydrogen-bond donors (Lipinski definition) is 1. The Morgan fingerprint density at radius 3 is 2.55 bits per heavy atom. The van der Waals surface area contributed by atoms with Gasteiger partial charge in [-0.2, -0.15) is 0 Å². The molecule has 20 heavy (non-hydrogen) atoms. The van der Waals surface area contributed by atoms with Crippen LogP contribution in [-0.2, 0) is 0 Å².